The van der Waals surface area contributed by atoms with Gasteiger partial charge in [0, 0.05) is 24.1 Å². The third-order valence-electron chi connectivity index (χ3n) is 5.01. The van der Waals surface area contributed by atoms with Crippen molar-refractivity contribution in [2.75, 3.05) is 13.7 Å². The van der Waals surface area contributed by atoms with Gasteiger partial charge in [-0.05, 0) is 38.1 Å². The molecule has 2 aromatic heterocycles. The van der Waals surface area contributed by atoms with Crippen LogP contribution in [0.5, 0.6) is 17.4 Å². The fourth-order valence-corrected chi connectivity index (χ4v) is 3.65. The van der Waals surface area contributed by atoms with E-state index in [9.17, 15) is 14.9 Å². The van der Waals surface area contributed by atoms with Crippen molar-refractivity contribution >= 4 is 33.6 Å². The molecule has 0 spiro atoms. The highest BCUT2D eigenvalue weighted by Gasteiger charge is 2.21. The lowest BCUT2D eigenvalue weighted by Crippen LogP contribution is -2.12. The number of aromatic nitrogens is 2. The Kier molecular flexibility index (Phi) is 6.09. The molecule has 170 valence electrons. The van der Waals surface area contributed by atoms with Gasteiger partial charge in [-0.25, -0.2) is 9.78 Å². The molecule has 4 rings (SSSR count). The highest BCUT2D eigenvalue weighted by atomic mass is 16.7. The Morgan fingerprint density at radius 1 is 1.18 bits per heavy atom. The Bertz CT molecular complexity index is 1360. The first kappa shape index (κ1) is 22.0. The van der Waals surface area contributed by atoms with Crippen LogP contribution in [0.3, 0.4) is 0 Å². The largest absolute Gasteiger partial charge is 0.515 e. The predicted molar refractivity (Wildman–Crippen MR) is 120 cm³/mol. The number of methoxy groups -OCH3 is 1. The molecular weight excluding hydrogens is 430 g/mol. The number of carbonyl (C=O) groups excluding carboxylic acids is 1. The Morgan fingerprint density at radius 2 is 2.00 bits per heavy atom. The number of carbonyl (C=O) groups is 1. The number of hydrogen-bond donors (Lipinski definition) is 1. The van der Waals surface area contributed by atoms with E-state index in [0.717, 1.165) is 16.3 Å². The van der Waals surface area contributed by atoms with Crippen molar-refractivity contribution in [2.24, 2.45) is 0 Å². The van der Waals surface area contributed by atoms with E-state index in [1.807, 2.05) is 12.1 Å². The van der Waals surface area contributed by atoms with E-state index in [2.05, 4.69) is 9.97 Å². The first-order chi connectivity index (χ1) is 15.9. The molecule has 0 amide bonds. The van der Waals surface area contributed by atoms with Gasteiger partial charge in [0.2, 0.25) is 5.88 Å². The Balaban J connectivity index is 1.86. The molecule has 1 N–H and O–H groups in total. The van der Waals surface area contributed by atoms with Crippen LogP contribution in [0.25, 0.3) is 21.8 Å². The number of aromatic amines is 1. The summed E-state index contributed by atoms with van der Waals surface area (Å²) in [5.74, 6) is 1.03. The SMILES string of the molecule is CCOC(=O)Oc1ncc2[nH]c3cccc(Oc4ccc([N+](=O)[O-])c(C)c4)c3c2c1COC. The van der Waals surface area contributed by atoms with Crippen molar-refractivity contribution in [1.29, 1.82) is 0 Å². The van der Waals surface area contributed by atoms with Gasteiger partial charge in [0.1, 0.15) is 11.5 Å². The molecule has 4 aromatic rings. The quantitative estimate of drug-likeness (QED) is 0.225. The molecular formula is C23H21N3O7. The molecule has 0 saturated heterocycles. The van der Waals surface area contributed by atoms with Gasteiger partial charge < -0.3 is 23.9 Å². The van der Waals surface area contributed by atoms with E-state index >= 15 is 0 Å². The molecule has 0 unspecified atom stereocenters. The van der Waals surface area contributed by atoms with Crippen LogP contribution >= 0.6 is 0 Å². The monoisotopic (exact) mass is 451 g/mol. The summed E-state index contributed by atoms with van der Waals surface area (Å²) in [5, 5.41) is 12.6. The van der Waals surface area contributed by atoms with Crippen molar-refractivity contribution in [1.82, 2.24) is 9.97 Å². The molecule has 10 heteroatoms. The van der Waals surface area contributed by atoms with E-state index in [0.29, 0.717) is 28.1 Å². The lowest BCUT2D eigenvalue weighted by molar-refractivity contribution is -0.385. The van der Waals surface area contributed by atoms with E-state index < -0.39 is 11.1 Å². The highest BCUT2D eigenvalue weighted by molar-refractivity contribution is 6.12. The molecule has 33 heavy (non-hydrogen) atoms. The second-order valence-electron chi connectivity index (χ2n) is 7.16. The molecule has 0 saturated carbocycles. The first-order valence-electron chi connectivity index (χ1n) is 10.1. The van der Waals surface area contributed by atoms with Gasteiger partial charge in [-0.15, -0.1) is 0 Å². The maximum absolute atomic E-state index is 11.9. The Hall–Kier alpha value is -4.18. The van der Waals surface area contributed by atoms with Crippen LogP contribution in [-0.4, -0.2) is 34.8 Å². The number of rotatable bonds is 7. The molecule has 0 aliphatic carbocycles. The zero-order valence-corrected chi connectivity index (χ0v) is 18.2. The number of nitrogens with one attached hydrogen (secondary N) is 1. The lowest BCUT2D eigenvalue weighted by atomic mass is 10.1. The minimum Gasteiger partial charge on any atom is -0.457 e. The number of nitro benzene ring substituents is 1. The van der Waals surface area contributed by atoms with Gasteiger partial charge in [0.25, 0.3) is 5.69 Å². The van der Waals surface area contributed by atoms with Crippen molar-refractivity contribution in [3.05, 3.63) is 63.8 Å². The highest BCUT2D eigenvalue weighted by Crippen LogP contribution is 2.40. The topological polar surface area (TPSA) is 126 Å². The molecule has 0 fully saturated rings. The van der Waals surface area contributed by atoms with E-state index in [-0.39, 0.29) is 24.8 Å². The predicted octanol–water partition coefficient (Wildman–Crippen LogP) is 5.41. The Morgan fingerprint density at radius 3 is 2.70 bits per heavy atom. The van der Waals surface area contributed by atoms with Crippen molar-refractivity contribution in [2.45, 2.75) is 20.5 Å². The van der Waals surface area contributed by atoms with Crippen LogP contribution in [0.1, 0.15) is 18.1 Å². The molecule has 0 atom stereocenters. The van der Waals surface area contributed by atoms with Crippen LogP contribution in [0.4, 0.5) is 10.5 Å². The zero-order valence-electron chi connectivity index (χ0n) is 18.2. The van der Waals surface area contributed by atoms with Gasteiger partial charge in [-0.1, -0.05) is 6.07 Å². The second kappa shape index (κ2) is 9.13. The third-order valence-corrected chi connectivity index (χ3v) is 5.01. The maximum Gasteiger partial charge on any atom is 0.515 e. The lowest BCUT2D eigenvalue weighted by Gasteiger charge is -2.12. The summed E-state index contributed by atoms with van der Waals surface area (Å²) in [4.78, 5) is 30.1. The summed E-state index contributed by atoms with van der Waals surface area (Å²) in [7, 11) is 1.53. The van der Waals surface area contributed by atoms with E-state index in [1.54, 1.807) is 38.2 Å². The van der Waals surface area contributed by atoms with Crippen LogP contribution in [0, 0.1) is 17.0 Å². The average Bonchev–Trinajstić information content (AvgIpc) is 3.15. The number of benzene rings is 2. The molecule has 0 radical (unpaired) electrons. The fourth-order valence-electron chi connectivity index (χ4n) is 3.65. The van der Waals surface area contributed by atoms with Crippen molar-refractivity contribution in [3.8, 4) is 17.4 Å². The second-order valence-corrected chi connectivity index (χ2v) is 7.16. The molecule has 0 bridgehead atoms. The van der Waals surface area contributed by atoms with Gasteiger partial charge in [-0.2, -0.15) is 0 Å². The summed E-state index contributed by atoms with van der Waals surface area (Å²) in [5.41, 5.74) is 2.52. The Labute approximate surface area is 188 Å². The van der Waals surface area contributed by atoms with Crippen LogP contribution < -0.4 is 9.47 Å². The van der Waals surface area contributed by atoms with E-state index in [1.165, 1.54) is 13.2 Å². The minimum absolute atomic E-state index is 0.0156. The number of aryl methyl sites for hydroxylation is 1. The number of pyridine rings is 1. The fraction of sp³-hybridized carbons (Fsp3) is 0.217. The van der Waals surface area contributed by atoms with Crippen molar-refractivity contribution < 1.29 is 28.7 Å². The molecule has 0 aliphatic rings. The smallest absolute Gasteiger partial charge is 0.457 e. The molecule has 0 aliphatic heterocycles. The zero-order chi connectivity index (χ0) is 23.5. The third kappa shape index (κ3) is 4.28. The molecule has 2 heterocycles. The number of ether oxygens (including phenoxy) is 4. The molecule has 2 aromatic carbocycles. The number of hydrogen-bond acceptors (Lipinski definition) is 8. The summed E-state index contributed by atoms with van der Waals surface area (Å²) in [6, 6.07) is 10.1. The van der Waals surface area contributed by atoms with Gasteiger partial charge in [0.15, 0.2) is 0 Å². The normalized spacial score (nSPS) is 11.0. The summed E-state index contributed by atoms with van der Waals surface area (Å²) in [6.07, 6.45) is 0.697. The standard InChI is InChI=1S/C23H21N3O7/c1-4-31-23(27)33-22-15(12-30-3)20-17(11-24-22)25-16-6-5-7-19(21(16)20)32-14-8-9-18(26(28)29)13(2)10-14/h5-11,25H,4,12H2,1-3H3. The number of nitrogens with zero attached hydrogens (tertiary/aromatic N) is 2. The van der Waals surface area contributed by atoms with Crippen molar-refractivity contribution in [3.63, 3.8) is 0 Å². The first-order valence-corrected chi connectivity index (χ1v) is 10.1. The average molecular weight is 451 g/mol. The number of nitro groups is 1. The minimum atomic E-state index is -0.862. The van der Waals surface area contributed by atoms with Gasteiger partial charge >= 0.3 is 6.16 Å². The van der Waals surface area contributed by atoms with Gasteiger partial charge in [0.05, 0.1) is 46.3 Å². The number of H-pyrrole nitrogens is 1. The summed E-state index contributed by atoms with van der Waals surface area (Å²) < 4.78 is 21.7. The van der Waals surface area contributed by atoms with Crippen LogP contribution in [0.2, 0.25) is 0 Å². The summed E-state index contributed by atoms with van der Waals surface area (Å²) in [6.45, 7) is 3.62. The number of fused-ring (bicyclic) bond motifs is 3. The maximum atomic E-state index is 11.9. The van der Waals surface area contributed by atoms with Crippen LogP contribution in [0.15, 0.2) is 42.6 Å². The van der Waals surface area contributed by atoms with E-state index in [4.69, 9.17) is 18.9 Å². The van der Waals surface area contributed by atoms with Crippen LogP contribution in [-0.2, 0) is 16.1 Å². The summed E-state index contributed by atoms with van der Waals surface area (Å²) >= 11 is 0. The van der Waals surface area contributed by atoms with Gasteiger partial charge in [-0.3, -0.25) is 10.1 Å². The molecule has 10 nitrogen and oxygen atoms in total.